The van der Waals surface area contributed by atoms with Crippen LogP contribution in [0.3, 0.4) is 0 Å². The first-order valence-electron chi connectivity index (χ1n) is 16.8. The summed E-state index contributed by atoms with van der Waals surface area (Å²) < 4.78 is 32.7. The molecule has 1 fully saturated rings. The quantitative estimate of drug-likeness (QED) is 0.125. The normalized spacial score (nSPS) is 22.0. The van der Waals surface area contributed by atoms with Crippen molar-refractivity contribution in [1.29, 1.82) is 0 Å². The highest BCUT2D eigenvalue weighted by molar-refractivity contribution is 6.33. The van der Waals surface area contributed by atoms with Gasteiger partial charge in [0.05, 0.1) is 12.3 Å². The minimum atomic E-state index is -0.636. The highest BCUT2D eigenvalue weighted by atomic mass is 35.5. The van der Waals surface area contributed by atoms with Gasteiger partial charge in [0.25, 0.3) is 0 Å². The van der Waals surface area contributed by atoms with Crippen LogP contribution in [-0.4, -0.2) is 67.4 Å². The van der Waals surface area contributed by atoms with Crippen LogP contribution < -0.4 is 0 Å². The summed E-state index contributed by atoms with van der Waals surface area (Å²) in [6.07, 6.45) is 7.11. The Morgan fingerprint density at radius 1 is 0.659 bits per heavy atom. The third-order valence-electron chi connectivity index (χ3n) is 7.96. The monoisotopic (exact) mass is 652 g/mol. The third-order valence-corrected chi connectivity index (χ3v) is 8.54. The summed E-state index contributed by atoms with van der Waals surface area (Å²) in [5.41, 5.74) is 3.53. The van der Waals surface area contributed by atoms with Crippen LogP contribution in [-0.2, 0) is 36.5 Å². The molecule has 1 aliphatic rings. The van der Waals surface area contributed by atoms with E-state index < -0.39 is 24.4 Å². The Morgan fingerprint density at radius 2 is 1.20 bits per heavy atom. The van der Waals surface area contributed by atoms with Crippen molar-refractivity contribution < 1.29 is 23.7 Å². The molecule has 1 aromatic carbocycles. The van der Waals surface area contributed by atoms with Crippen LogP contribution >= 0.6 is 23.2 Å². The molecule has 0 bridgehead atoms. The van der Waals surface area contributed by atoms with Gasteiger partial charge in [0.2, 0.25) is 0 Å². The van der Waals surface area contributed by atoms with Gasteiger partial charge in [-0.1, -0.05) is 108 Å². The topological polar surface area (TPSA) is 71.9 Å². The zero-order valence-electron chi connectivity index (χ0n) is 27.5. The van der Waals surface area contributed by atoms with Gasteiger partial charge >= 0.3 is 0 Å². The lowest BCUT2D eigenvalue weighted by Crippen LogP contribution is -2.59. The molecular formula is C35H54Cl2N2O5. The summed E-state index contributed by atoms with van der Waals surface area (Å²) in [6, 6.07) is 8.49. The molecule has 1 saturated heterocycles. The molecule has 0 saturated carbocycles. The molecule has 0 spiro atoms. The zero-order chi connectivity index (χ0) is 31.7. The maximum atomic E-state index is 6.85. The smallest absolute Gasteiger partial charge is 0.155 e. The standard InChI is InChI=1S/C35H54Cl2N2O5/c1-6-11-19-40-24-28-30(41-20-12-7-2)32(42-21-13-8-3)33(43-22-14-9-4)31(44-28)29-35(37)39-34(36)27(38-29)23-26-17-15-25(10-5)16-18-26/h15-18,28,30-33H,6-14,19-24H2,1-5H3/t28?,30-,31?,32?,33+/m1/s1. The van der Waals surface area contributed by atoms with E-state index in [1.807, 2.05) is 0 Å². The van der Waals surface area contributed by atoms with Gasteiger partial charge in [-0.05, 0) is 43.2 Å². The first-order valence-corrected chi connectivity index (χ1v) is 17.6. The van der Waals surface area contributed by atoms with Crippen LogP contribution in [0.15, 0.2) is 24.3 Å². The van der Waals surface area contributed by atoms with Crippen LogP contribution in [0.25, 0.3) is 0 Å². The Hall–Kier alpha value is -1.32. The van der Waals surface area contributed by atoms with Crippen LogP contribution in [0.4, 0.5) is 0 Å². The van der Waals surface area contributed by atoms with Crippen molar-refractivity contribution in [2.75, 3.05) is 33.0 Å². The van der Waals surface area contributed by atoms with Crippen molar-refractivity contribution in [3.63, 3.8) is 0 Å². The van der Waals surface area contributed by atoms with Gasteiger partial charge < -0.3 is 23.7 Å². The Morgan fingerprint density at radius 3 is 1.80 bits per heavy atom. The molecule has 2 aromatic rings. The molecule has 0 radical (unpaired) electrons. The lowest BCUT2D eigenvalue weighted by Gasteiger charge is -2.46. The van der Waals surface area contributed by atoms with Crippen molar-refractivity contribution in [2.24, 2.45) is 0 Å². The second kappa shape index (κ2) is 20.7. The molecule has 248 valence electrons. The second-order valence-corrected chi connectivity index (χ2v) is 12.3. The number of halogens is 2. The number of ether oxygens (including phenoxy) is 5. The van der Waals surface area contributed by atoms with Gasteiger partial charge in [-0.25, -0.2) is 9.97 Å². The molecule has 3 unspecified atom stereocenters. The maximum Gasteiger partial charge on any atom is 0.155 e. The van der Waals surface area contributed by atoms with Crippen LogP contribution in [0.2, 0.25) is 10.3 Å². The van der Waals surface area contributed by atoms with E-state index in [2.05, 4.69) is 63.9 Å². The van der Waals surface area contributed by atoms with E-state index >= 15 is 0 Å². The fourth-order valence-corrected chi connectivity index (χ4v) is 5.68. The number of aryl methyl sites for hydroxylation is 1. The molecule has 3 rings (SSSR count). The summed E-state index contributed by atoms with van der Waals surface area (Å²) in [5.74, 6) is 0. The first kappa shape index (κ1) is 37.1. The molecule has 1 aromatic heterocycles. The number of aromatic nitrogens is 2. The average molecular weight is 654 g/mol. The number of hydrogen-bond donors (Lipinski definition) is 0. The van der Waals surface area contributed by atoms with Gasteiger partial charge in [-0.15, -0.1) is 0 Å². The molecule has 0 amide bonds. The molecule has 5 atom stereocenters. The molecule has 2 heterocycles. The van der Waals surface area contributed by atoms with E-state index in [0.29, 0.717) is 50.8 Å². The number of unbranched alkanes of at least 4 members (excludes halogenated alkanes) is 4. The summed E-state index contributed by atoms with van der Waals surface area (Å²) in [5, 5.41) is 0.492. The second-order valence-electron chi connectivity index (χ2n) is 11.6. The van der Waals surface area contributed by atoms with Crippen LogP contribution in [0.5, 0.6) is 0 Å². The molecular weight excluding hydrogens is 599 g/mol. The Bertz CT molecular complexity index is 1070. The van der Waals surface area contributed by atoms with Crippen molar-refractivity contribution in [2.45, 2.75) is 129 Å². The third kappa shape index (κ3) is 11.2. The van der Waals surface area contributed by atoms with Crippen molar-refractivity contribution in [3.05, 3.63) is 57.1 Å². The van der Waals surface area contributed by atoms with Gasteiger partial charge in [0.1, 0.15) is 36.2 Å². The predicted molar refractivity (Wildman–Crippen MR) is 178 cm³/mol. The molecule has 44 heavy (non-hydrogen) atoms. The molecule has 7 nitrogen and oxygen atoms in total. The summed E-state index contributed by atoms with van der Waals surface area (Å²) in [6.45, 7) is 13.6. The van der Waals surface area contributed by atoms with Crippen molar-refractivity contribution in [3.8, 4) is 0 Å². The molecule has 0 aliphatic carbocycles. The van der Waals surface area contributed by atoms with Gasteiger partial charge in [-0.2, -0.15) is 0 Å². The molecule has 9 heteroatoms. The summed E-state index contributed by atoms with van der Waals surface area (Å²) in [4.78, 5) is 9.55. The summed E-state index contributed by atoms with van der Waals surface area (Å²) in [7, 11) is 0. The summed E-state index contributed by atoms with van der Waals surface area (Å²) >= 11 is 13.4. The zero-order valence-corrected chi connectivity index (χ0v) is 29.0. The highest BCUT2D eigenvalue weighted by Gasteiger charge is 2.50. The van der Waals surface area contributed by atoms with Gasteiger partial charge in [0, 0.05) is 32.8 Å². The Kier molecular flexibility index (Phi) is 17.5. The fourth-order valence-electron chi connectivity index (χ4n) is 5.20. The fraction of sp³-hybridized carbons (Fsp3) is 0.714. The Labute approximate surface area is 275 Å². The van der Waals surface area contributed by atoms with Gasteiger partial charge in [-0.3, -0.25) is 0 Å². The number of benzene rings is 1. The van der Waals surface area contributed by atoms with E-state index in [-0.39, 0.29) is 16.4 Å². The van der Waals surface area contributed by atoms with Crippen LogP contribution in [0.1, 0.15) is 115 Å². The lowest BCUT2D eigenvalue weighted by atomic mass is 9.92. The van der Waals surface area contributed by atoms with Crippen molar-refractivity contribution in [1.82, 2.24) is 9.97 Å². The Balaban J connectivity index is 2.02. The predicted octanol–water partition coefficient (Wildman–Crippen LogP) is 8.75. The number of nitrogens with zero attached hydrogens (tertiary/aromatic N) is 2. The SMILES string of the molecule is CCCCOCC1OC(c2nc(Cc3ccc(CC)cc3)c(Cl)nc2Cl)[C@H](OCCCC)C(OCCCC)[C@@H]1OCCCC. The van der Waals surface area contributed by atoms with E-state index in [9.17, 15) is 0 Å². The molecule has 1 aliphatic heterocycles. The minimum Gasteiger partial charge on any atom is -0.379 e. The average Bonchev–Trinajstić information content (AvgIpc) is 3.02. The minimum absolute atomic E-state index is 0.206. The van der Waals surface area contributed by atoms with Gasteiger partial charge in [0.15, 0.2) is 10.3 Å². The van der Waals surface area contributed by atoms with E-state index in [1.165, 1.54) is 5.56 Å². The maximum absolute atomic E-state index is 6.85. The highest BCUT2D eigenvalue weighted by Crippen LogP contribution is 2.39. The first-order chi connectivity index (χ1) is 21.5. The largest absolute Gasteiger partial charge is 0.379 e. The van der Waals surface area contributed by atoms with E-state index in [4.69, 9.17) is 51.9 Å². The van der Waals surface area contributed by atoms with E-state index in [0.717, 1.165) is 63.4 Å². The van der Waals surface area contributed by atoms with Crippen LogP contribution in [0, 0.1) is 0 Å². The number of rotatable bonds is 21. The lowest BCUT2D eigenvalue weighted by molar-refractivity contribution is -0.269. The van der Waals surface area contributed by atoms with E-state index in [1.54, 1.807) is 0 Å². The van der Waals surface area contributed by atoms with Crippen molar-refractivity contribution >= 4 is 23.2 Å². The number of hydrogen-bond acceptors (Lipinski definition) is 7. The molecule has 0 N–H and O–H groups in total.